The molecule has 140 valence electrons. The standard InChI is InChI=1S/C20H27N3O3/c1-14(26-13-16-7-5-11-25-16)20(24)23-10-4-6-15(12-23)19-21-17-8-2-3-9-18(17)22-19/h2-3,8-9,14-16H,4-7,10-13H2,1H3,(H,21,22). The van der Waals surface area contributed by atoms with Gasteiger partial charge in [-0.15, -0.1) is 0 Å². The van der Waals surface area contributed by atoms with Crippen LogP contribution in [0.5, 0.6) is 0 Å². The molecule has 1 aromatic carbocycles. The fraction of sp³-hybridized carbons (Fsp3) is 0.600. The van der Waals surface area contributed by atoms with Crippen LogP contribution in [-0.2, 0) is 14.3 Å². The summed E-state index contributed by atoms with van der Waals surface area (Å²) in [5, 5.41) is 0. The van der Waals surface area contributed by atoms with Crippen LogP contribution >= 0.6 is 0 Å². The van der Waals surface area contributed by atoms with Crippen LogP contribution in [0.25, 0.3) is 11.0 Å². The van der Waals surface area contributed by atoms with Crippen LogP contribution in [-0.4, -0.2) is 59.3 Å². The number of piperidine rings is 1. The van der Waals surface area contributed by atoms with E-state index in [0.29, 0.717) is 13.2 Å². The predicted octanol–water partition coefficient (Wildman–Crippen LogP) is 2.85. The number of carbonyl (C=O) groups excluding carboxylic acids is 1. The zero-order valence-corrected chi connectivity index (χ0v) is 15.3. The number of aromatic amines is 1. The number of imidazole rings is 1. The van der Waals surface area contributed by atoms with E-state index in [2.05, 4.69) is 4.98 Å². The molecule has 6 heteroatoms. The number of nitrogens with one attached hydrogen (secondary N) is 1. The van der Waals surface area contributed by atoms with E-state index in [1.807, 2.05) is 36.1 Å². The summed E-state index contributed by atoms with van der Waals surface area (Å²) in [7, 11) is 0. The molecule has 0 spiro atoms. The summed E-state index contributed by atoms with van der Waals surface area (Å²) in [5.41, 5.74) is 2.04. The Balaban J connectivity index is 1.36. The SMILES string of the molecule is CC(OCC1CCCO1)C(=O)N1CCCC(c2nc3ccccc3[nH]2)C1. The third-order valence-corrected chi connectivity index (χ3v) is 5.43. The van der Waals surface area contributed by atoms with Crippen LogP contribution < -0.4 is 0 Å². The smallest absolute Gasteiger partial charge is 0.251 e. The van der Waals surface area contributed by atoms with Gasteiger partial charge in [-0.05, 0) is 44.7 Å². The van der Waals surface area contributed by atoms with E-state index in [1.165, 1.54) is 0 Å². The topological polar surface area (TPSA) is 67.5 Å². The van der Waals surface area contributed by atoms with Crippen LogP contribution in [0.4, 0.5) is 0 Å². The maximum atomic E-state index is 12.8. The van der Waals surface area contributed by atoms with Crippen molar-refractivity contribution in [3.63, 3.8) is 0 Å². The number of H-pyrrole nitrogens is 1. The van der Waals surface area contributed by atoms with Crippen molar-refractivity contribution in [1.29, 1.82) is 0 Å². The van der Waals surface area contributed by atoms with Crippen molar-refractivity contribution in [3.8, 4) is 0 Å². The molecule has 1 amide bonds. The van der Waals surface area contributed by atoms with Crippen molar-refractivity contribution >= 4 is 16.9 Å². The van der Waals surface area contributed by atoms with E-state index in [0.717, 1.165) is 55.7 Å². The zero-order valence-electron chi connectivity index (χ0n) is 15.3. The zero-order chi connectivity index (χ0) is 17.9. The van der Waals surface area contributed by atoms with Gasteiger partial charge in [-0.3, -0.25) is 4.79 Å². The fourth-order valence-electron chi connectivity index (χ4n) is 3.92. The molecule has 2 saturated heterocycles. The van der Waals surface area contributed by atoms with Crippen LogP contribution in [0.3, 0.4) is 0 Å². The molecule has 2 aromatic rings. The first-order valence-corrected chi connectivity index (χ1v) is 9.67. The van der Waals surface area contributed by atoms with Crippen LogP contribution in [0.2, 0.25) is 0 Å². The Labute approximate surface area is 153 Å². The molecule has 0 radical (unpaired) electrons. The van der Waals surface area contributed by atoms with Gasteiger partial charge in [-0.2, -0.15) is 0 Å². The maximum Gasteiger partial charge on any atom is 0.251 e. The normalized spacial score (nSPS) is 24.9. The summed E-state index contributed by atoms with van der Waals surface area (Å²) in [6.45, 7) is 4.66. The first-order valence-electron chi connectivity index (χ1n) is 9.67. The summed E-state index contributed by atoms with van der Waals surface area (Å²) in [6.07, 6.45) is 3.88. The summed E-state index contributed by atoms with van der Waals surface area (Å²) in [5.74, 6) is 1.31. The molecule has 3 atom stereocenters. The number of fused-ring (bicyclic) bond motifs is 1. The molecule has 6 nitrogen and oxygen atoms in total. The second kappa shape index (κ2) is 7.76. The van der Waals surface area contributed by atoms with E-state index in [-0.39, 0.29) is 17.9 Å². The Morgan fingerprint density at radius 1 is 1.38 bits per heavy atom. The van der Waals surface area contributed by atoms with Crippen molar-refractivity contribution < 1.29 is 14.3 Å². The van der Waals surface area contributed by atoms with Gasteiger partial charge in [0.2, 0.25) is 0 Å². The summed E-state index contributed by atoms with van der Waals surface area (Å²) < 4.78 is 11.4. The van der Waals surface area contributed by atoms with Gasteiger partial charge in [0, 0.05) is 25.6 Å². The predicted molar refractivity (Wildman–Crippen MR) is 99.0 cm³/mol. The number of aromatic nitrogens is 2. The molecule has 1 aromatic heterocycles. The van der Waals surface area contributed by atoms with Gasteiger partial charge >= 0.3 is 0 Å². The Bertz CT molecular complexity index is 721. The molecule has 2 fully saturated rings. The van der Waals surface area contributed by atoms with Gasteiger partial charge in [-0.1, -0.05) is 12.1 Å². The largest absolute Gasteiger partial charge is 0.376 e. The number of hydrogen-bond acceptors (Lipinski definition) is 4. The van der Waals surface area contributed by atoms with Crippen LogP contribution in [0.1, 0.15) is 44.3 Å². The number of amides is 1. The number of para-hydroxylation sites is 2. The average molecular weight is 357 g/mol. The minimum absolute atomic E-state index is 0.0730. The van der Waals surface area contributed by atoms with Gasteiger partial charge in [0.25, 0.3) is 5.91 Å². The third-order valence-electron chi connectivity index (χ3n) is 5.43. The number of hydrogen-bond donors (Lipinski definition) is 1. The Morgan fingerprint density at radius 3 is 3.08 bits per heavy atom. The molecule has 3 heterocycles. The third kappa shape index (κ3) is 3.76. The van der Waals surface area contributed by atoms with Gasteiger partial charge < -0.3 is 19.4 Å². The molecule has 2 aliphatic heterocycles. The lowest BCUT2D eigenvalue weighted by molar-refractivity contribution is -0.145. The molecule has 0 saturated carbocycles. The van der Waals surface area contributed by atoms with E-state index in [4.69, 9.17) is 14.5 Å². The number of likely N-dealkylation sites (tertiary alicyclic amines) is 1. The minimum atomic E-state index is -0.423. The number of rotatable bonds is 5. The average Bonchev–Trinajstić information content (AvgIpc) is 3.35. The van der Waals surface area contributed by atoms with Gasteiger partial charge in [0.15, 0.2) is 0 Å². The molecule has 4 rings (SSSR count). The fourth-order valence-corrected chi connectivity index (χ4v) is 3.92. The van der Waals surface area contributed by atoms with Gasteiger partial charge in [-0.25, -0.2) is 4.98 Å². The molecule has 2 aliphatic rings. The maximum absolute atomic E-state index is 12.8. The number of benzene rings is 1. The quantitative estimate of drug-likeness (QED) is 0.893. The highest BCUT2D eigenvalue weighted by atomic mass is 16.5. The van der Waals surface area contributed by atoms with Crippen molar-refractivity contribution in [2.45, 2.75) is 50.7 Å². The molecule has 26 heavy (non-hydrogen) atoms. The first-order chi connectivity index (χ1) is 12.7. The van der Waals surface area contributed by atoms with Crippen LogP contribution in [0.15, 0.2) is 24.3 Å². The van der Waals surface area contributed by atoms with Gasteiger partial charge in [0.1, 0.15) is 11.9 Å². The second-order valence-corrected chi connectivity index (χ2v) is 7.37. The highest BCUT2D eigenvalue weighted by Crippen LogP contribution is 2.27. The molecule has 0 aliphatic carbocycles. The van der Waals surface area contributed by atoms with Crippen molar-refractivity contribution in [2.24, 2.45) is 0 Å². The Kier molecular flexibility index (Phi) is 5.22. The second-order valence-electron chi connectivity index (χ2n) is 7.37. The van der Waals surface area contributed by atoms with Crippen molar-refractivity contribution in [2.75, 3.05) is 26.3 Å². The van der Waals surface area contributed by atoms with E-state index in [9.17, 15) is 4.79 Å². The van der Waals surface area contributed by atoms with Crippen molar-refractivity contribution in [3.05, 3.63) is 30.1 Å². The lowest BCUT2D eigenvalue weighted by Crippen LogP contribution is -2.45. The Morgan fingerprint density at radius 2 is 2.27 bits per heavy atom. The molecule has 1 N–H and O–H groups in total. The van der Waals surface area contributed by atoms with Gasteiger partial charge in [0.05, 0.1) is 23.7 Å². The van der Waals surface area contributed by atoms with E-state index in [1.54, 1.807) is 0 Å². The van der Waals surface area contributed by atoms with E-state index >= 15 is 0 Å². The molecular formula is C20H27N3O3. The molecule has 3 unspecified atom stereocenters. The number of nitrogens with zero attached hydrogens (tertiary/aromatic N) is 2. The Hall–Kier alpha value is -1.92. The summed E-state index contributed by atoms with van der Waals surface area (Å²) >= 11 is 0. The highest BCUT2D eigenvalue weighted by molar-refractivity contribution is 5.80. The first kappa shape index (κ1) is 17.5. The lowest BCUT2D eigenvalue weighted by Gasteiger charge is -2.33. The lowest BCUT2D eigenvalue weighted by atomic mass is 9.97. The summed E-state index contributed by atoms with van der Waals surface area (Å²) in [4.78, 5) is 22.9. The highest BCUT2D eigenvalue weighted by Gasteiger charge is 2.30. The number of ether oxygens (including phenoxy) is 2. The monoisotopic (exact) mass is 357 g/mol. The van der Waals surface area contributed by atoms with Crippen LogP contribution in [0, 0.1) is 0 Å². The number of carbonyl (C=O) groups is 1. The molecular weight excluding hydrogens is 330 g/mol. The summed E-state index contributed by atoms with van der Waals surface area (Å²) in [6, 6.07) is 8.06. The molecule has 0 bridgehead atoms. The minimum Gasteiger partial charge on any atom is -0.376 e. The van der Waals surface area contributed by atoms with E-state index < -0.39 is 6.10 Å². The van der Waals surface area contributed by atoms with Crippen molar-refractivity contribution in [1.82, 2.24) is 14.9 Å².